The molecule has 0 saturated carbocycles. The van der Waals surface area contributed by atoms with E-state index in [9.17, 15) is 33.6 Å². The minimum Gasteiger partial charge on any atom is -0.463 e. The lowest BCUT2D eigenvalue weighted by Gasteiger charge is -2.35. The number of carbonyl (C=O) groups is 7. The summed E-state index contributed by atoms with van der Waals surface area (Å²) >= 11 is 0.838. The lowest BCUT2D eigenvalue weighted by atomic mass is 9.86. The summed E-state index contributed by atoms with van der Waals surface area (Å²) < 4.78 is 14.3. The van der Waals surface area contributed by atoms with Crippen molar-refractivity contribution in [1.29, 1.82) is 0 Å². The first-order chi connectivity index (χ1) is 16.4. The summed E-state index contributed by atoms with van der Waals surface area (Å²) in [6, 6.07) is 0. The van der Waals surface area contributed by atoms with Gasteiger partial charge in [-0.3, -0.25) is 24.0 Å². The number of amides is 2. The zero-order valence-corrected chi connectivity index (χ0v) is 20.7. The molecule has 0 radical (unpaired) electrons. The van der Waals surface area contributed by atoms with Gasteiger partial charge in [-0.2, -0.15) is 0 Å². The minimum absolute atomic E-state index is 0.0227. The molecule has 1 aliphatic heterocycles. The van der Waals surface area contributed by atoms with E-state index < -0.39 is 59.1 Å². The van der Waals surface area contributed by atoms with Gasteiger partial charge in [-0.15, -0.1) is 0 Å². The predicted octanol–water partition coefficient (Wildman–Crippen LogP) is 0.468. The molecule has 0 aliphatic carbocycles. The van der Waals surface area contributed by atoms with E-state index in [0.29, 0.717) is 0 Å². The fourth-order valence-electron chi connectivity index (χ4n) is 2.73. The zero-order valence-electron chi connectivity index (χ0n) is 19.9. The van der Waals surface area contributed by atoms with Gasteiger partial charge in [0, 0.05) is 36.8 Å². The standard InChI is InChI=1S/C22H30N2O10S/c1-4-32-17(28)6-5-14(25)11-15(26)12-18(29)35-10-9-23-16(27)7-8-24-20(30)19-22(2,3)13-33-21(31)34-19/h5-6,19H,4,7-13H2,1-3H3,(H,23,27)(H,24,30)/b6-5+/t19-/m0/s1. The molecule has 1 aliphatic rings. The summed E-state index contributed by atoms with van der Waals surface area (Å²) in [5, 5.41) is 4.66. The fourth-order valence-corrected chi connectivity index (χ4v) is 3.43. The number of thioether (sulfide) groups is 1. The molecule has 2 amide bonds. The van der Waals surface area contributed by atoms with E-state index >= 15 is 0 Å². The van der Waals surface area contributed by atoms with Crippen LogP contribution in [0.25, 0.3) is 0 Å². The number of rotatable bonds is 14. The predicted molar refractivity (Wildman–Crippen MR) is 123 cm³/mol. The van der Waals surface area contributed by atoms with Gasteiger partial charge in [0.1, 0.15) is 12.4 Å². The van der Waals surface area contributed by atoms with Gasteiger partial charge >= 0.3 is 12.1 Å². The Morgan fingerprint density at radius 2 is 1.80 bits per heavy atom. The van der Waals surface area contributed by atoms with Gasteiger partial charge in [0.2, 0.25) is 5.91 Å². The highest BCUT2D eigenvalue weighted by atomic mass is 32.2. The van der Waals surface area contributed by atoms with E-state index in [4.69, 9.17) is 9.47 Å². The smallest absolute Gasteiger partial charge is 0.463 e. The van der Waals surface area contributed by atoms with E-state index in [1.165, 1.54) is 0 Å². The maximum Gasteiger partial charge on any atom is 0.509 e. The Kier molecular flexibility index (Phi) is 12.7. The molecule has 0 unspecified atom stereocenters. The van der Waals surface area contributed by atoms with Crippen molar-refractivity contribution in [3.05, 3.63) is 12.2 Å². The van der Waals surface area contributed by atoms with E-state index in [2.05, 4.69) is 15.4 Å². The largest absolute Gasteiger partial charge is 0.509 e. The molecule has 1 heterocycles. The van der Waals surface area contributed by atoms with Crippen molar-refractivity contribution in [3.8, 4) is 0 Å². The van der Waals surface area contributed by atoms with E-state index in [1.807, 2.05) is 0 Å². The van der Waals surface area contributed by atoms with Crippen molar-refractivity contribution in [3.63, 3.8) is 0 Å². The van der Waals surface area contributed by atoms with Crippen molar-refractivity contribution in [2.45, 2.75) is 46.1 Å². The Morgan fingerprint density at radius 3 is 2.49 bits per heavy atom. The van der Waals surface area contributed by atoms with Crippen LogP contribution in [0, 0.1) is 5.41 Å². The second-order valence-corrected chi connectivity index (χ2v) is 9.23. The van der Waals surface area contributed by atoms with Crippen molar-refractivity contribution in [2.75, 3.05) is 32.1 Å². The average molecular weight is 515 g/mol. The molecular weight excluding hydrogens is 484 g/mol. The number of ketones is 2. The molecule has 1 fully saturated rings. The van der Waals surface area contributed by atoms with Gasteiger partial charge in [0.25, 0.3) is 5.91 Å². The van der Waals surface area contributed by atoms with Crippen LogP contribution in [0.15, 0.2) is 12.2 Å². The molecule has 2 N–H and O–H groups in total. The lowest BCUT2D eigenvalue weighted by Crippen LogP contribution is -2.52. The average Bonchev–Trinajstić information content (AvgIpc) is 2.77. The number of hydrogen-bond acceptors (Lipinski definition) is 11. The molecule has 1 rings (SSSR count). The fraction of sp³-hybridized carbons (Fsp3) is 0.591. The molecule has 0 bridgehead atoms. The van der Waals surface area contributed by atoms with Crippen molar-refractivity contribution in [2.24, 2.45) is 5.41 Å². The first-order valence-corrected chi connectivity index (χ1v) is 11.9. The Bertz CT molecular complexity index is 868. The second-order valence-electron chi connectivity index (χ2n) is 8.08. The molecule has 0 spiro atoms. The SMILES string of the molecule is CCOC(=O)/C=C/C(=O)CC(=O)CC(=O)SCCNC(=O)CCNC(=O)[C@@H]1OC(=O)OCC1(C)C. The molecule has 12 nitrogen and oxygen atoms in total. The number of Topliss-reactive ketones (excluding diaryl/α,β-unsaturated/α-hetero) is 1. The number of ether oxygens (including phenoxy) is 3. The molecule has 1 atom stereocenters. The van der Waals surface area contributed by atoms with Crippen LogP contribution in [0.1, 0.15) is 40.0 Å². The first-order valence-electron chi connectivity index (χ1n) is 10.9. The molecule has 35 heavy (non-hydrogen) atoms. The maximum absolute atomic E-state index is 12.2. The van der Waals surface area contributed by atoms with Crippen LogP contribution in [-0.2, 0) is 43.0 Å². The van der Waals surface area contributed by atoms with Gasteiger partial charge in [0.15, 0.2) is 17.0 Å². The molecule has 0 aromatic heterocycles. The summed E-state index contributed by atoms with van der Waals surface area (Å²) in [4.78, 5) is 81.7. The second kappa shape index (κ2) is 14.9. The van der Waals surface area contributed by atoms with Gasteiger partial charge < -0.3 is 24.8 Å². The molecule has 0 aromatic rings. The molecule has 0 aromatic carbocycles. The number of hydrogen-bond donors (Lipinski definition) is 2. The third kappa shape index (κ3) is 12.2. The van der Waals surface area contributed by atoms with E-state index in [-0.39, 0.29) is 44.4 Å². The third-order valence-corrected chi connectivity index (χ3v) is 5.34. The summed E-state index contributed by atoms with van der Waals surface area (Å²) in [5.74, 6) is -2.57. The van der Waals surface area contributed by atoms with Gasteiger partial charge in [-0.05, 0) is 13.0 Å². The Hall–Kier alpha value is -3.22. The van der Waals surface area contributed by atoms with E-state index in [0.717, 1.165) is 23.9 Å². The zero-order chi connectivity index (χ0) is 26.4. The highest BCUT2D eigenvalue weighted by Gasteiger charge is 2.43. The van der Waals surface area contributed by atoms with E-state index in [1.54, 1.807) is 20.8 Å². The normalized spacial score (nSPS) is 16.5. The molecular formula is C22H30N2O10S. The Morgan fingerprint density at radius 1 is 1.09 bits per heavy atom. The van der Waals surface area contributed by atoms with Crippen LogP contribution >= 0.6 is 11.8 Å². The van der Waals surface area contributed by atoms with Crippen LogP contribution in [0.4, 0.5) is 4.79 Å². The van der Waals surface area contributed by atoms with Crippen LogP contribution < -0.4 is 10.6 Å². The Labute approximate surface area is 206 Å². The van der Waals surface area contributed by atoms with Crippen molar-refractivity contribution < 1.29 is 47.8 Å². The minimum atomic E-state index is -1.03. The third-order valence-electron chi connectivity index (χ3n) is 4.47. The molecule has 13 heteroatoms. The maximum atomic E-state index is 12.2. The first kappa shape index (κ1) is 29.8. The highest BCUT2D eigenvalue weighted by Crippen LogP contribution is 2.28. The molecule has 194 valence electrons. The lowest BCUT2D eigenvalue weighted by molar-refractivity contribution is -0.149. The van der Waals surface area contributed by atoms with Crippen molar-refractivity contribution in [1.82, 2.24) is 10.6 Å². The van der Waals surface area contributed by atoms with Gasteiger partial charge in [-0.1, -0.05) is 25.6 Å². The Balaban J connectivity index is 2.19. The monoisotopic (exact) mass is 514 g/mol. The summed E-state index contributed by atoms with van der Waals surface area (Å²) in [5.41, 5.74) is -0.710. The number of nitrogens with one attached hydrogen (secondary N) is 2. The summed E-state index contributed by atoms with van der Waals surface area (Å²) in [7, 11) is 0. The number of cyclic esters (lactones) is 2. The molecule has 1 saturated heterocycles. The number of allylic oxidation sites excluding steroid dienone is 1. The van der Waals surface area contributed by atoms with Gasteiger partial charge in [0.05, 0.1) is 19.4 Å². The van der Waals surface area contributed by atoms with Crippen molar-refractivity contribution >= 4 is 52.4 Å². The quantitative estimate of drug-likeness (QED) is 0.143. The summed E-state index contributed by atoms with van der Waals surface area (Å²) in [6.07, 6.45) is -1.07. The van der Waals surface area contributed by atoms with Crippen LogP contribution in [0.2, 0.25) is 0 Å². The van der Waals surface area contributed by atoms with Crippen LogP contribution in [-0.4, -0.2) is 78.8 Å². The highest BCUT2D eigenvalue weighted by molar-refractivity contribution is 8.13. The summed E-state index contributed by atoms with van der Waals surface area (Å²) in [6.45, 7) is 5.41. The topological polar surface area (TPSA) is 171 Å². The van der Waals surface area contributed by atoms with Crippen LogP contribution in [0.5, 0.6) is 0 Å². The van der Waals surface area contributed by atoms with Gasteiger partial charge in [-0.25, -0.2) is 9.59 Å². The number of esters is 1. The van der Waals surface area contributed by atoms with Crippen LogP contribution in [0.3, 0.4) is 0 Å². The number of carbonyl (C=O) groups excluding carboxylic acids is 7.